The predicted octanol–water partition coefficient (Wildman–Crippen LogP) is 6.27. The lowest BCUT2D eigenvalue weighted by Gasteiger charge is -2.10. The molecule has 0 unspecified atom stereocenters. The molecule has 0 aliphatic rings. The summed E-state index contributed by atoms with van der Waals surface area (Å²) >= 11 is 12.0. The highest BCUT2D eigenvalue weighted by molar-refractivity contribution is 6.31. The van der Waals surface area contributed by atoms with Crippen LogP contribution in [0, 0.1) is 0 Å². The van der Waals surface area contributed by atoms with E-state index in [0.29, 0.717) is 10.0 Å². The van der Waals surface area contributed by atoms with Crippen LogP contribution < -0.4 is 0 Å². The predicted molar refractivity (Wildman–Crippen MR) is 100 cm³/mol. The van der Waals surface area contributed by atoms with Gasteiger partial charge in [0.25, 0.3) is 0 Å². The molecule has 0 amide bonds. The minimum atomic E-state index is 0.715. The molecule has 0 aliphatic heterocycles. The summed E-state index contributed by atoms with van der Waals surface area (Å²) in [5.41, 5.74) is 5.93. The zero-order chi connectivity index (χ0) is 16.5. The molecule has 1 aromatic heterocycles. The molecule has 0 bridgehead atoms. The standard InChI is InChI=1S/C20H12Cl2N2/c21-15-5-1-13(2-6-15)17-9-10-18(14-3-7-16(22)8-4-14)20-19(17)23-11-12-24-20/h1-12H. The lowest BCUT2D eigenvalue weighted by molar-refractivity contribution is 1.29. The molecular weight excluding hydrogens is 339 g/mol. The number of aromatic nitrogens is 2. The van der Waals surface area contributed by atoms with Crippen molar-refractivity contribution >= 4 is 34.2 Å². The molecule has 4 rings (SSSR count). The maximum Gasteiger partial charge on any atom is 0.0971 e. The second-order valence-corrected chi connectivity index (χ2v) is 6.30. The largest absolute Gasteiger partial charge is 0.252 e. The first-order valence-electron chi connectivity index (χ1n) is 7.48. The van der Waals surface area contributed by atoms with Gasteiger partial charge in [-0.3, -0.25) is 9.97 Å². The molecule has 4 aromatic rings. The van der Waals surface area contributed by atoms with Crippen LogP contribution in [0.15, 0.2) is 73.1 Å². The number of halogens is 2. The molecule has 116 valence electrons. The van der Waals surface area contributed by atoms with Crippen LogP contribution in [0.1, 0.15) is 0 Å². The number of rotatable bonds is 2. The van der Waals surface area contributed by atoms with Crippen LogP contribution in [0.2, 0.25) is 10.0 Å². The zero-order valence-electron chi connectivity index (χ0n) is 12.6. The number of fused-ring (bicyclic) bond motifs is 1. The highest BCUT2D eigenvalue weighted by Crippen LogP contribution is 2.34. The Morgan fingerprint density at radius 3 is 1.25 bits per heavy atom. The zero-order valence-corrected chi connectivity index (χ0v) is 14.1. The van der Waals surface area contributed by atoms with Crippen LogP contribution in [-0.2, 0) is 0 Å². The Labute approximate surface area is 149 Å². The lowest BCUT2D eigenvalue weighted by atomic mass is 9.97. The van der Waals surface area contributed by atoms with Crippen molar-refractivity contribution in [2.75, 3.05) is 0 Å². The van der Waals surface area contributed by atoms with Gasteiger partial charge in [0.2, 0.25) is 0 Å². The first-order chi connectivity index (χ1) is 11.7. The summed E-state index contributed by atoms with van der Waals surface area (Å²) < 4.78 is 0. The Bertz CT molecular complexity index is 926. The molecule has 0 saturated carbocycles. The summed E-state index contributed by atoms with van der Waals surface area (Å²) in [5.74, 6) is 0. The molecular formula is C20H12Cl2N2. The Kier molecular flexibility index (Phi) is 3.93. The topological polar surface area (TPSA) is 25.8 Å². The smallest absolute Gasteiger partial charge is 0.0971 e. The van der Waals surface area contributed by atoms with Crippen molar-refractivity contribution in [2.24, 2.45) is 0 Å². The number of hydrogen-bond donors (Lipinski definition) is 0. The summed E-state index contributed by atoms with van der Waals surface area (Å²) in [4.78, 5) is 9.12. The van der Waals surface area contributed by atoms with E-state index >= 15 is 0 Å². The summed E-state index contributed by atoms with van der Waals surface area (Å²) in [6.07, 6.45) is 3.43. The van der Waals surface area contributed by atoms with Gasteiger partial charge in [-0.15, -0.1) is 0 Å². The quantitative estimate of drug-likeness (QED) is 0.425. The Morgan fingerprint density at radius 1 is 0.500 bits per heavy atom. The SMILES string of the molecule is Clc1ccc(-c2ccc(-c3ccc(Cl)cc3)c3nccnc23)cc1. The minimum Gasteiger partial charge on any atom is -0.252 e. The van der Waals surface area contributed by atoms with Crippen LogP contribution in [0.25, 0.3) is 33.3 Å². The highest BCUT2D eigenvalue weighted by atomic mass is 35.5. The van der Waals surface area contributed by atoms with Crippen molar-refractivity contribution in [1.82, 2.24) is 9.97 Å². The van der Waals surface area contributed by atoms with Gasteiger partial charge >= 0.3 is 0 Å². The van der Waals surface area contributed by atoms with E-state index in [1.807, 2.05) is 48.5 Å². The Balaban J connectivity index is 1.95. The monoisotopic (exact) mass is 350 g/mol. The van der Waals surface area contributed by atoms with Crippen LogP contribution in [0.3, 0.4) is 0 Å². The molecule has 0 saturated heterocycles. The number of hydrogen-bond acceptors (Lipinski definition) is 2. The van der Waals surface area contributed by atoms with E-state index in [2.05, 4.69) is 22.1 Å². The molecule has 0 aliphatic carbocycles. The molecule has 0 atom stereocenters. The third-order valence-corrected chi connectivity index (χ3v) is 4.44. The van der Waals surface area contributed by atoms with Gasteiger partial charge < -0.3 is 0 Å². The van der Waals surface area contributed by atoms with Gasteiger partial charge in [0, 0.05) is 33.6 Å². The van der Waals surface area contributed by atoms with Gasteiger partial charge in [-0.25, -0.2) is 0 Å². The average Bonchev–Trinajstić information content (AvgIpc) is 2.62. The van der Waals surface area contributed by atoms with E-state index in [9.17, 15) is 0 Å². The fourth-order valence-corrected chi connectivity index (χ4v) is 3.03. The van der Waals surface area contributed by atoms with Crippen molar-refractivity contribution < 1.29 is 0 Å². The van der Waals surface area contributed by atoms with Gasteiger partial charge in [0.05, 0.1) is 11.0 Å². The first kappa shape index (κ1) is 15.1. The van der Waals surface area contributed by atoms with Crippen molar-refractivity contribution in [3.63, 3.8) is 0 Å². The normalized spacial score (nSPS) is 10.9. The Morgan fingerprint density at radius 2 is 0.875 bits per heavy atom. The minimum absolute atomic E-state index is 0.715. The van der Waals surface area contributed by atoms with Gasteiger partial charge in [0.15, 0.2) is 0 Å². The molecule has 2 nitrogen and oxygen atoms in total. The molecule has 24 heavy (non-hydrogen) atoms. The molecule has 4 heteroatoms. The van der Waals surface area contributed by atoms with Crippen LogP contribution in [0.5, 0.6) is 0 Å². The average molecular weight is 351 g/mol. The fourth-order valence-electron chi connectivity index (χ4n) is 2.78. The van der Waals surface area contributed by atoms with E-state index in [4.69, 9.17) is 23.2 Å². The van der Waals surface area contributed by atoms with E-state index in [1.54, 1.807) is 12.4 Å². The van der Waals surface area contributed by atoms with Crippen molar-refractivity contribution in [2.45, 2.75) is 0 Å². The Hall–Kier alpha value is -2.42. The third-order valence-electron chi connectivity index (χ3n) is 3.94. The summed E-state index contributed by atoms with van der Waals surface area (Å²) in [7, 11) is 0. The van der Waals surface area contributed by atoms with Gasteiger partial charge in [-0.05, 0) is 35.4 Å². The van der Waals surface area contributed by atoms with E-state index in [0.717, 1.165) is 33.3 Å². The molecule has 0 fully saturated rings. The van der Waals surface area contributed by atoms with Crippen molar-refractivity contribution in [3.05, 3.63) is 83.1 Å². The van der Waals surface area contributed by atoms with Crippen LogP contribution in [0.4, 0.5) is 0 Å². The molecule has 1 heterocycles. The van der Waals surface area contributed by atoms with E-state index < -0.39 is 0 Å². The number of nitrogens with zero attached hydrogens (tertiary/aromatic N) is 2. The number of benzene rings is 3. The molecule has 3 aromatic carbocycles. The van der Waals surface area contributed by atoms with Gasteiger partial charge in [0.1, 0.15) is 0 Å². The van der Waals surface area contributed by atoms with E-state index in [1.165, 1.54) is 0 Å². The van der Waals surface area contributed by atoms with E-state index in [-0.39, 0.29) is 0 Å². The van der Waals surface area contributed by atoms with Crippen LogP contribution in [-0.4, -0.2) is 9.97 Å². The van der Waals surface area contributed by atoms with Crippen LogP contribution >= 0.6 is 23.2 Å². The van der Waals surface area contributed by atoms with Crippen molar-refractivity contribution in [3.8, 4) is 22.3 Å². The van der Waals surface area contributed by atoms with Gasteiger partial charge in [-0.1, -0.05) is 59.6 Å². The highest BCUT2D eigenvalue weighted by Gasteiger charge is 2.11. The lowest BCUT2D eigenvalue weighted by Crippen LogP contribution is -1.91. The summed E-state index contributed by atoms with van der Waals surface area (Å²) in [5, 5.41) is 1.43. The molecule has 0 spiro atoms. The summed E-state index contributed by atoms with van der Waals surface area (Å²) in [6.45, 7) is 0. The first-order valence-corrected chi connectivity index (χ1v) is 8.23. The van der Waals surface area contributed by atoms with Crippen molar-refractivity contribution in [1.29, 1.82) is 0 Å². The third kappa shape index (κ3) is 2.75. The maximum atomic E-state index is 6.00. The second-order valence-electron chi connectivity index (χ2n) is 5.43. The molecule has 0 N–H and O–H groups in total. The summed E-state index contributed by atoms with van der Waals surface area (Å²) in [6, 6.07) is 19.6. The maximum absolute atomic E-state index is 6.00. The second kappa shape index (κ2) is 6.23. The molecule has 0 radical (unpaired) electrons. The van der Waals surface area contributed by atoms with Gasteiger partial charge in [-0.2, -0.15) is 0 Å². The fraction of sp³-hybridized carbons (Fsp3) is 0.